The summed E-state index contributed by atoms with van der Waals surface area (Å²) in [4.78, 5) is 10.6. The minimum Gasteiger partial charge on any atom is -0.352 e. The quantitative estimate of drug-likeness (QED) is 0.467. The monoisotopic (exact) mass is 260 g/mol. The van der Waals surface area contributed by atoms with Gasteiger partial charge in [-0.15, -0.1) is 0 Å². The van der Waals surface area contributed by atoms with Crippen molar-refractivity contribution >= 4 is 6.03 Å². The van der Waals surface area contributed by atoms with E-state index in [4.69, 9.17) is 15.2 Å². The first-order chi connectivity index (χ1) is 8.50. The maximum atomic E-state index is 10.6. The van der Waals surface area contributed by atoms with Gasteiger partial charge in [0.15, 0.2) is 5.79 Å². The van der Waals surface area contributed by atoms with Gasteiger partial charge >= 0.3 is 6.03 Å². The molecule has 0 rings (SSSR count). The zero-order valence-electron chi connectivity index (χ0n) is 12.1. The maximum absolute atomic E-state index is 10.6. The molecule has 0 heterocycles. The molecule has 0 aliphatic rings. The molecule has 1 unspecified atom stereocenters. The van der Waals surface area contributed by atoms with Crippen molar-refractivity contribution in [3.8, 4) is 0 Å². The van der Waals surface area contributed by atoms with Crippen molar-refractivity contribution in [3.63, 3.8) is 0 Å². The lowest BCUT2D eigenvalue weighted by Gasteiger charge is -2.36. The third-order valence-corrected chi connectivity index (χ3v) is 3.12. The second kappa shape index (κ2) is 9.16. The first kappa shape index (κ1) is 17.2. The number of rotatable bonds is 10. The number of hydrogen-bond acceptors (Lipinski definition) is 3. The molecule has 5 nitrogen and oxygen atoms in total. The van der Waals surface area contributed by atoms with Crippen LogP contribution in [0.2, 0.25) is 0 Å². The van der Waals surface area contributed by atoms with E-state index in [2.05, 4.69) is 12.2 Å². The van der Waals surface area contributed by atoms with Crippen LogP contribution in [0.1, 0.15) is 47.0 Å². The normalized spacial score (nSPS) is 13.3. The standard InChI is InChI=1S/C13H28N2O3/c1-5-11(9-8-10-15-12(14)16)13(4,17-6-2)18-7-3/h11H,5-10H2,1-4H3,(H3,14,15,16). The van der Waals surface area contributed by atoms with Crippen molar-refractivity contribution in [1.82, 2.24) is 5.32 Å². The Hall–Kier alpha value is -0.810. The SMILES string of the molecule is CCOC(C)(OCC)C(CC)CCCNC(N)=O. The van der Waals surface area contributed by atoms with Crippen molar-refractivity contribution in [2.75, 3.05) is 19.8 Å². The van der Waals surface area contributed by atoms with Crippen LogP contribution in [0.25, 0.3) is 0 Å². The molecule has 0 aliphatic carbocycles. The molecule has 2 amide bonds. The summed E-state index contributed by atoms with van der Waals surface area (Å²) < 4.78 is 11.5. The molecule has 3 N–H and O–H groups in total. The molecule has 0 aromatic rings. The Kier molecular flexibility index (Phi) is 8.75. The fraction of sp³-hybridized carbons (Fsp3) is 0.923. The van der Waals surface area contributed by atoms with Gasteiger partial charge in [0, 0.05) is 25.7 Å². The molecule has 0 aromatic carbocycles. The topological polar surface area (TPSA) is 73.6 Å². The molecule has 0 saturated carbocycles. The van der Waals surface area contributed by atoms with E-state index in [1.54, 1.807) is 0 Å². The Balaban J connectivity index is 4.28. The van der Waals surface area contributed by atoms with E-state index in [9.17, 15) is 4.79 Å². The molecule has 0 fully saturated rings. The zero-order chi connectivity index (χ0) is 14.0. The molecule has 18 heavy (non-hydrogen) atoms. The number of hydrogen-bond donors (Lipinski definition) is 2. The average molecular weight is 260 g/mol. The fourth-order valence-corrected chi connectivity index (χ4v) is 2.25. The van der Waals surface area contributed by atoms with Crippen LogP contribution in [0.3, 0.4) is 0 Å². The smallest absolute Gasteiger partial charge is 0.312 e. The Labute approximate surface area is 110 Å². The lowest BCUT2D eigenvalue weighted by Crippen LogP contribution is -2.41. The van der Waals surface area contributed by atoms with E-state index < -0.39 is 11.8 Å². The number of ether oxygens (including phenoxy) is 2. The zero-order valence-corrected chi connectivity index (χ0v) is 12.1. The molecule has 0 aliphatic heterocycles. The molecule has 0 saturated heterocycles. The summed E-state index contributed by atoms with van der Waals surface area (Å²) in [5, 5.41) is 2.60. The van der Waals surface area contributed by atoms with Gasteiger partial charge in [-0.25, -0.2) is 4.79 Å². The fourth-order valence-electron chi connectivity index (χ4n) is 2.25. The van der Waals surface area contributed by atoms with Crippen LogP contribution >= 0.6 is 0 Å². The van der Waals surface area contributed by atoms with Gasteiger partial charge in [0.25, 0.3) is 0 Å². The number of amides is 2. The van der Waals surface area contributed by atoms with Gasteiger partial charge in [0.05, 0.1) is 0 Å². The molecule has 5 heteroatoms. The van der Waals surface area contributed by atoms with Crippen molar-refractivity contribution in [3.05, 3.63) is 0 Å². The number of carbonyl (C=O) groups excluding carboxylic acids is 1. The molecule has 108 valence electrons. The van der Waals surface area contributed by atoms with Crippen LogP contribution < -0.4 is 11.1 Å². The van der Waals surface area contributed by atoms with Crippen molar-refractivity contribution < 1.29 is 14.3 Å². The van der Waals surface area contributed by atoms with Crippen LogP contribution in [0.15, 0.2) is 0 Å². The van der Waals surface area contributed by atoms with Gasteiger partial charge < -0.3 is 20.5 Å². The van der Waals surface area contributed by atoms with E-state index in [-0.39, 0.29) is 0 Å². The minimum absolute atomic E-state index is 0.312. The van der Waals surface area contributed by atoms with Crippen LogP contribution in [-0.2, 0) is 9.47 Å². The average Bonchev–Trinajstić information content (AvgIpc) is 2.29. The number of primary amides is 1. The Morgan fingerprint density at radius 2 is 1.83 bits per heavy atom. The van der Waals surface area contributed by atoms with E-state index in [0.717, 1.165) is 19.3 Å². The van der Waals surface area contributed by atoms with Gasteiger partial charge in [-0.05, 0) is 40.0 Å². The van der Waals surface area contributed by atoms with Crippen LogP contribution in [-0.4, -0.2) is 31.6 Å². The summed E-state index contributed by atoms with van der Waals surface area (Å²) in [6.45, 7) is 9.93. The molecule has 0 spiro atoms. The van der Waals surface area contributed by atoms with Crippen LogP contribution in [0.4, 0.5) is 4.79 Å². The largest absolute Gasteiger partial charge is 0.352 e. The summed E-state index contributed by atoms with van der Waals surface area (Å²) in [5.74, 6) is -0.225. The second-order valence-corrected chi connectivity index (χ2v) is 4.42. The van der Waals surface area contributed by atoms with E-state index in [1.165, 1.54) is 0 Å². The first-order valence-electron chi connectivity index (χ1n) is 6.81. The lowest BCUT2D eigenvalue weighted by atomic mass is 9.91. The van der Waals surface area contributed by atoms with Gasteiger partial charge in [0.2, 0.25) is 0 Å². The first-order valence-corrected chi connectivity index (χ1v) is 6.81. The number of nitrogens with one attached hydrogen (secondary N) is 1. The molecule has 0 bridgehead atoms. The highest BCUT2D eigenvalue weighted by Gasteiger charge is 2.33. The summed E-state index contributed by atoms with van der Waals surface area (Å²) in [7, 11) is 0. The highest BCUT2D eigenvalue weighted by molar-refractivity contribution is 5.71. The molecule has 0 aromatic heterocycles. The highest BCUT2D eigenvalue weighted by atomic mass is 16.7. The molecule has 0 radical (unpaired) electrons. The molecule has 1 atom stereocenters. The van der Waals surface area contributed by atoms with Gasteiger partial charge in [-0.3, -0.25) is 0 Å². The van der Waals surface area contributed by atoms with Crippen LogP contribution in [0.5, 0.6) is 0 Å². The Morgan fingerprint density at radius 1 is 1.28 bits per heavy atom. The van der Waals surface area contributed by atoms with Crippen LogP contribution in [0, 0.1) is 5.92 Å². The summed E-state index contributed by atoms with van der Waals surface area (Å²) in [5.41, 5.74) is 5.02. The summed E-state index contributed by atoms with van der Waals surface area (Å²) in [6, 6.07) is -0.472. The van der Waals surface area contributed by atoms with Crippen molar-refractivity contribution in [2.24, 2.45) is 11.7 Å². The molecular formula is C13H28N2O3. The van der Waals surface area contributed by atoms with Gasteiger partial charge in [0.1, 0.15) is 0 Å². The predicted molar refractivity (Wildman–Crippen MR) is 72.3 cm³/mol. The minimum atomic E-state index is -0.537. The predicted octanol–water partition coefficient (Wildman–Crippen LogP) is 2.25. The van der Waals surface area contributed by atoms with E-state index >= 15 is 0 Å². The van der Waals surface area contributed by atoms with Crippen molar-refractivity contribution in [1.29, 1.82) is 0 Å². The lowest BCUT2D eigenvalue weighted by molar-refractivity contribution is -0.253. The van der Waals surface area contributed by atoms with E-state index in [0.29, 0.717) is 25.7 Å². The maximum Gasteiger partial charge on any atom is 0.312 e. The van der Waals surface area contributed by atoms with Gasteiger partial charge in [-0.1, -0.05) is 6.92 Å². The summed E-state index contributed by atoms with van der Waals surface area (Å²) in [6.07, 6.45) is 2.79. The Bertz CT molecular complexity index is 228. The highest BCUT2D eigenvalue weighted by Crippen LogP contribution is 2.30. The Morgan fingerprint density at radius 3 is 2.22 bits per heavy atom. The van der Waals surface area contributed by atoms with Crippen molar-refractivity contribution in [2.45, 2.75) is 52.7 Å². The number of carbonyl (C=O) groups is 1. The summed E-state index contributed by atoms with van der Waals surface area (Å²) >= 11 is 0. The molecular weight excluding hydrogens is 232 g/mol. The third-order valence-electron chi connectivity index (χ3n) is 3.12. The second-order valence-electron chi connectivity index (χ2n) is 4.42. The van der Waals surface area contributed by atoms with Gasteiger partial charge in [-0.2, -0.15) is 0 Å². The number of urea groups is 1. The number of nitrogens with two attached hydrogens (primary N) is 1. The third kappa shape index (κ3) is 6.21. The van der Waals surface area contributed by atoms with E-state index in [1.807, 2.05) is 20.8 Å².